The van der Waals surface area contributed by atoms with Crippen LogP contribution in [0.15, 0.2) is 30.3 Å². The van der Waals surface area contributed by atoms with Crippen LogP contribution in [0.25, 0.3) is 0 Å². The van der Waals surface area contributed by atoms with Crippen LogP contribution in [-0.2, 0) is 0 Å². The molecule has 0 fully saturated rings. The molecule has 3 N–H and O–H groups in total. The molecule has 0 saturated heterocycles. The summed E-state index contributed by atoms with van der Waals surface area (Å²) in [4.78, 5) is 11.6. The summed E-state index contributed by atoms with van der Waals surface area (Å²) in [6, 6.07) is 8.94. The van der Waals surface area contributed by atoms with E-state index >= 15 is 0 Å². The summed E-state index contributed by atoms with van der Waals surface area (Å²) >= 11 is 0. The van der Waals surface area contributed by atoms with Gasteiger partial charge in [-0.1, -0.05) is 32.0 Å². The van der Waals surface area contributed by atoms with Gasteiger partial charge in [0.15, 0.2) is 0 Å². The van der Waals surface area contributed by atoms with Crippen molar-refractivity contribution in [2.45, 2.75) is 26.3 Å². The van der Waals surface area contributed by atoms with Crippen LogP contribution in [0.3, 0.4) is 0 Å². The highest BCUT2D eigenvalue weighted by atomic mass is 16.6. The average molecular weight is 236 g/mol. The first-order chi connectivity index (χ1) is 8.11. The average Bonchev–Trinajstić information content (AvgIpc) is 2.28. The number of carbonyl (C=O) groups is 1. The van der Waals surface area contributed by atoms with Gasteiger partial charge in [0.05, 0.1) is 0 Å². The molecule has 0 aliphatic heterocycles. The van der Waals surface area contributed by atoms with E-state index in [1.165, 1.54) is 0 Å². The van der Waals surface area contributed by atoms with Crippen LogP contribution in [0.5, 0.6) is 5.75 Å². The fraction of sp³-hybridized carbons (Fsp3) is 0.462. The van der Waals surface area contributed by atoms with E-state index in [0.717, 1.165) is 6.42 Å². The highest BCUT2D eigenvalue weighted by Gasteiger charge is 2.13. The molecule has 1 unspecified atom stereocenters. The molecule has 1 rings (SSSR count). The van der Waals surface area contributed by atoms with Crippen molar-refractivity contribution in [1.29, 1.82) is 0 Å². The zero-order valence-corrected chi connectivity index (χ0v) is 10.3. The molecule has 0 saturated carbocycles. The second-order valence-electron chi connectivity index (χ2n) is 4.41. The minimum Gasteiger partial charge on any atom is -0.410 e. The molecule has 1 aromatic carbocycles. The predicted molar refractivity (Wildman–Crippen MR) is 67.9 cm³/mol. The van der Waals surface area contributed by atoms with Crippen molar-refractivity contribution in [3.63, 3.8) is 0 Å². The number of benzene rings is 1. The van der Waals surface area contributed by atoms with Gasteiger partial charge in [0.2, 0.25) is 0 Å². The highest BCUT2D eigenvalue weighted by molar-refractivity contribution is 5.70. The van der Waals surface area contributed by atoms with Gasteiger partial charge in [0.25, 0.3) is 0 Å². The number of ether oxygens (including phenoxy) is 1. The van der Waals surface area contributed by atoms with Crippen molar-refractivity contribution in [2.75, 3.05) is 6.54 Å². The fourth-order valence-electron chi connectivity index (χ4n) is 1.57. The maximum Gasteiger partial charge on any atom is 0.412 e. The molecule has 0 aliphatic rings. The normalized spacial score (nSPS) is 12.2. The van der Waals surface area contributed by atoms with Crippen LogP contribution in [0, 0.1) is 5.92 Å². The zero-order valence-electron chi connectivity index (χ0n) is 10.3. The molecular weight excluding hydrogens is 216 g/mol. The Hall–Kier alpha value is -1.55. The number of amides is 1. The lowest BCUT2D eigenvalue weighted by molar-refractivity contribution is 0.194. The van der Waals surface area contributed by atoms with Gasteiger partial charge in [0, 0.05) is 12.6 Å². The van der Waals surface area contributed by atoms with Gasteiger partial charge < -0.3 is 15.8 Å². The van der Waals surface area contributed by atoms with Crippen molar-refractivity contribution in [3.05, 3.63) is 30.3 Å². The Labute approximate surface area is 102 Å². The van der Waals surface area contributed by atoms with Crippen molar-refractivity contribution >= 4 is 6.09 Å². The second kappa shape index (κ2) is 6.91. The third kappa shape index (κ3) is 5.36. The molecule has 0 aromatic heterocycles. The molecule has 0 aliphatic carbocycles. The molecule has 1 amide bonds. The zero-order chi connectivity index (χ0) is 12.7. The first-order valence-electron chi connectivity index (χ1n) is 5.85. The van der Waals surface area contributed by atoms with Gasteiger partial charge >= 0.3 is 6.09 Å². The quantitative estimate of drug-likeness (QED) is 0.823. The summed E-state index contributed by atoms with van der Waals surface area (Å²) in [7, 11) is 0. The molecule has 0 spiro atoms. The first-order valence-corrected chi connectivity index (χ1v) is 5.85. The lowest BCUT2D eigenvalue weighted by Crippen LogP contribution is -2.42. The molecule has 4 heteroatoms. The lowest BCUT2D eigenvalue weighted by atomic mass is 10.0. The van der Waals surface area contributed by atoms with Crippen LogP contribution in [-0.4, -0.2) is 18.7 Å². The van der Waals surface area contributed by atoms with E-state index in [4.69, 9.17) is 10.5 Å². The largest absolute Gasteiger partial charge is 0.412 e. The summed E-state index contributed by atoms with van der Waals surface area (Å²) in [5.74, 6) is 1.02. The fourth-order valence-corrected chi connectivity index (χ4v) is 1.57. The molecule has 0 bridgehead atoms. The summed E-state index contributed by atoms with van der Waals surface area (Å²) < 4.78 is 5.12. The summed E-state index contributed by atoms with van der Waals surface area (Å²) in [5.41, 5.74) is 5.59. The number of carbonyl (C=O) groups excluding carboxylic acids is 1. The monoisotopic (exact) mass is 236 g/mol. The van der Waals surface area contributed by atoms with Gasteiger partial charge in [-0.2, -0.15) is 0 Å². The third-order valence-corrected chi connectivity index (χ3v) is 2.32. The highest BCUT2D eigenvalue weighted by Crippen LogP contribution is 2.09. The molecule has 0 heterocycles. The summed E-state index contributed by atoms with van der Waals surface area (Å²) in [6.45, 7) is 4.60. The Morgan fingerprint density at radius 3 is 2.53 bits per heavy atom. The number of nitrogens with one attached hydrogen (secondary N) is 1. The Morgan fingerprint density at radius 1 is 1.35 bits per heavy atom. The van der Waals surface area contributed by atoms with Crippen molar-refractivity contribution < 1.29 is 9.53 Å². The molecule has 0 radical (unpaired) electrons. The standard InChI is InChI=1S/C13H20N2O2/c1-10(2)8-11(9-14)15-13(16)17-12-6-4-3-5-7-12/h3-7,10-11H,8-9,14H2,1-2H3,(H,15,16). The van der Waals surface area contributed by atoms with Gasteiger partial charge in [-0.05, 0) is 24.5 Å². The van der Waals surface area contributed by atoms with Crippen LogP contribution in [0.2, 0.25) is 0 Å². The van der Waals surface area contributed by atoms with E-state index in [0.29, 0.717) is 18.2 Å². The number of hydrogen-bond donors (Lipinski definition) is 2. The summed E-state index contributed by atoms with van der Waals surface area (Å²) in [5, 5.41) is 2.76. The number of rotatable bonds is 5. The Morgan fingerprint density at radius 2 is 2.00 bits per heavy atom. The van der Waals surface area contributed by atoms with Crippen molar-refractivity contribution in [3.8, 4) is 5.75 Å². The lowest BCUT2D eigenvalue weighted by Gasteiger charge is -2.18. The van der Waals surface area contributed by atoms with Crippen LogP contribution >= 0.6 is 0 Å². The van der Waals surface area contributed by atoms with Crippen LogP contribution in [0.4, 0.5) is 4.79 Å². The number of para-hydroxylation sites is 1. The van der Waals surface area contributed by atoms with E-state index in [1.807, 2.05) is 18.2 Å². The van der Waals surface area contributed by atoms with E-state index in [9.17, 15) is 4.79 Å². The predicted octanol–water partition coefficient (Wildman–Crippen LogP) is 2.15. The van der Waals surface area contributed by atoms with Crippen LogP contribution < -0.4 is 15.8 Å². The van der Waals surface area contributed by atoms with Crippen LogP contribution in [0.1, 0.15) is 20.3 Å². The van der Waals surface area contributed by atoms with E-state index in [2.05, 4.69) is 19.2 Å². The molecule has 4 nitrogen and oxygen atoms in total. The minimum atomic E-state index is -0.452. The number of nitrogens with two attached hydrogens (primary N) is 1. The molecule has 17 heavy (non-hydrogen) atoms. The van der Waals surface area contributed by atoms with E-state index < -0.39 is 6.09 Å². The second-order valence-corrected chi connectivity index (χ2v) is 4.41. The summed E-state index contributed by atoms with van der Waals surface area (Å²) in [6.07, 6.45) is 0.396. The third-order valence-electron chi connectivity index (χ3n) is 2.32. The van der Waals surface area contributed by atoms with Gasteiger partial charge in [0.1, 0.15) is 5.75 Å². The maximum absolute atomic E-state index is 11.6. The van der Waals surface area contributed by atoms with E-state index in [-0.39, 0.29) is 6.04 Å². The van der Waals surface area contributed by atoms with Crippen molar-refractivity contribution in [1.82, 2.24) is 5.32 Å². The topological polar surface area (TPSA) is 64.3 Å². The minimum absolute atomic E-state index is 0.0359. The maximum atomic E-state index is 11.6. The Balaban J connectivity index is 2.43. The smallest absolute Gasteiger partial charge is 0.410 e. The molecular formula is C13H20N2O2. The number of hydrogen-bond acceptors (Lipinski definition) is 3. The Bertz CT molecular complexity index is 339. The van der Waals surface area contributed by atoms with Gasteiger partial charge in [-0.25, -0.2) is 4.79 Å². The van der Waals surface area contributed by atoms with E-state index in [1.54, 1.807) is 12.1 Å². The molecule has 94 valence electrons. The van der Waals surface area contributed by atoms with Gasteiger partial charge in [-0.15, -0.1) is 0 Å². The van der Waals surface area contributed by atoms with Gasteiger partial charge in [-0.3, -0.25) is 0 Å². The molecule has 1 aromatic rings. The SMILES string of the molecule is CC(C)CC(CN)NC(=O)Oc1ccccc1. The Kier molecular flexibility index (Phi) is 5.49. The first kappa shape index (κ1) is 13.5. The molecule has 1 atom stereocenters. The van der Waals surface area contributed by atoms with Crippen molar-refractivity contribution in [2.24, 2.45) is 11.7 Å².